The first-order chi connectivity index (χ1) is 13.3. The van der Waals surface area contributed by atoms with E-state index < -0.39 is 23.5 Å². The summed E-state index contributed by atoms with van der Waals surface area (Å²) in [5.41, 5.74) is -0.962. The molecule has 28 heavy (non-hydrogen) atoms. The largest absolute Gasteiger partial charge is 0.416 e. The van der Waals surface area contributed by atoms with Crippen LogP contribution in [0.15, 0.2) is 36.4 Å². The summed E-state index contributed by atoms with van der Waals surface area (Å²) in [6, 6.07) is 8.04. The molecule has 1 amide bonds. The Hall–Kier alpha value is -3.12. The van der Waals surface area contributed by atoms with Crippen LogP contribution in [0.5, 0.6) is 0 Å². The zero-order valence-electron chi connectivity index (χ0n) is 14.5. The number of nitrogens with one attached hydrogen (secondary N) is 1. The summed E-state index contributed by atoms with van der Waals surface area (Å²) in [7, 11) is 0. The van der Waals surface area contributed by atoms with Gasteiger partial charge < -0.3 is 15.0 Å². The summed E-state index contributed by atoms with van der Waals surface area (Å²) in [4.78, 5) is 14.3. The molecule has 2 aromatic rings. The molecule has 1 saturated heterocycles. The maximum absolute atomic E-state index is 14.1. The van der Waals surface area contributed by atoms with Gasteiger partial charge >= 0.3 is 6.18 Å². The van der Waals surface area contributed by atoms with E-state index in [0.29, 0.717) is 32.0 Å². The summed E-state index contributed by atoms with van der Waals surface area (Å²) < 4.78 is 58.7. The minimum atomic E-state index is -4.59. The van der Waals surface area contributed by atoms with Crippen LogP contribution in [0.4, 0.5) is 28.9 Å². The Morgan fingerprint density at radius 3 is 2.46 bits per heavy atom. The van der Waals surface area contributed by atoms with Crippen molar-refractivity contribution >= 4 is 17.3 Å². The number of alkyl halides is 3. The Morgan fingerprint density at radius 1 is 1.14 bits per heavy atom. The maximum Gasteiger partial charge on any atom is 0.416 e. The molecule has 0 aliphatic carbocycles. The van der Waals surface area contributed by atoms with Gasteiger partial charge in [0, 0.05) is 13.1 Å². The predicted molar refractivity (Wildman–Crippen MR) is 93.5 cm³/mol. The molecule has 1 aliphatic heterocycles. The average Bonchev–Trinajstić information content (AvgIpc) is 2.67. The number of nitrogens with zero attached hydrogens (tertiary/aromatic N) is 2. The maximum atomic E-state index is 14.1. The summed E-state index contributed by atoms with van der Waals surface area (Å²) in [6.07, 6.45) is -4.59. The molecule has 9 heteroatoms. The van der Waals surface area contributed by atoms with Crippen LogP contribution in [0.25, 0.3) is 0 Å². The lowest BCUT2D eigenvalue weighted by molar-refractivity contribution is -0.137. The SMILES string of the molecule is N#Cc1ccc(C(=O)Nc2cc(C(F)(F)F)ccc2N2CCOCC2)c(F)c1. The van der Waals surface area contributed by atoms with Crippen molar-refractivity contribution in [3.05, 3.63) is 58.9 Å². The Kier molecular flexibility index (Phi) is 5.51. The lowest BCUT2D eigenvalue weighted by atomic mass is 10.1. The van der Waals surface area contributed by atoms with Crippen LogP contribution in [0.3, 0.4) is 0 Å². The summed E-state index contributed by atoms with van der Waals surface area (Å²) in [5.74, 6) is -1.84. The van der Waals surface area contributed by atoms with Crippen molar-refractivity contribution in [2.24, 2.45) is 0 Å². The number of nitriles is 1. The van der Waals surface area contributed by atoms with E-state index in [9.17, 15) is 22.4 Å². The number of rotatable bonds is 3. The van der Waals surface area contributed by atoms with Gasteiger partial charge in [0.15, 0.2) is 0 Å². The number of carbonyl (C=O) groups excluding carboxylic acids is 1. The van der Waals surface area contributed by atoms with Gasteiger partial charge in [-0.1, -0.05) is 0 Å². The number of carbonyl (C=O) groups is 1. The highest BCUT2D eigenvalue weighted by Gasteiger charge is 2.32. The zero-order chi connectivity index (χ0) is 20.3. The minimum Gasteiger partial charge on any atom is -0.378 e. The quantitative estimate of drug-likeness (QED) is 0.806. The first kappa shape index (κ1) is 19.6. The van der Waals surface area contributed by atoms with Crippen LogP contribution in [-0.2, 0) is 10.9 Å². The normalized spacial score (nSPS) is 14.5. The van der Waals surface area contributed by atoms with Crippen molar-refractivity contribution in [1.29, 1.82) is 5.26 Å². The molecule has 1 fully saturated rings. The van der Waals surface area contributed by atoms with Crippen LogP contribution in [0.1, 0.15) is 21.5 Å². The average molecular weight is 393 g/mol. The molecule has 1 N–H and O–H groups in total. The second-order valence-electron chi connectivity index (χ2n) is 6.09. The molecular formula is C19H15F4N3O2. The van der Waals surface area contributed by atoms with Crippen molar-refractivity contribution in [3.63, 3.8) is 0 Å². The number of hydrogen-bond acceptors (Lipinski definition) is 4. The van der Waals surface area contributed by atoms with Crippen LogP contribution >= 0.6 is 0 Å². The van der Waals surface area contributed by atoms with Gasteiger partial charge in [-0.2, -0.15) is 18.4 Å². The van der Waals surface area contributed by atoms with Crippen LogP contribution in [0, 0.1) is 17.1 Å². The van der Waals surface area contributed by atoms with E-state index in [-0.39, 0.29) is 16.8 Å². The molecule has 3 rings (SSSR count). The molecule has 5 nitrogen and oxygen atoms in total. The van der Waals surface area contributed by atoms with E-state index in [4.69, 9.17) is 10.00 Å². The Bertz CT molecular complexity index is 932. The van der Waals surface area contributed by atoms with E-state index in [1.807, 2.05) is 0 Å². The molecular weight excluding hydrogens is 378 g/mol. The molecule has 146 valence electrons. The number of benzene rings is 2. The van der Waals surface area contributed by atoms with Crippen molar-refractivity contribution in [2.45, 2.75) is 6.18 Å². The predicted octanol–water partition coefficient (Wildman–Crippen LogP) is 3.81. The summed E-state index contributed by atoms with van der Waals surface area (Å²) in [6.45, 7) is 1.69. The van der Waals surface area contributed by atoms with Gasteiger partial charge in [-0.25, -0.2) is 4.39 Å². The first-order valence-corrected chi connectivity index (χ1v) is 8.34. The van der Waals surface area contributed by atoms with Gasteiger partial charge in [-0.05, 0) is 36.4 Å². The second-order valence-corrected chi connectivity index (χ2v) is 6.09. The highest BCUT2D eigenvalue weighted by atomic mass is 19.4. The lowest BCUT2D eigenvalue weighted by Crippen LogP contribution is -2.37. The van der Waals surface area contributed by atoms with Gasteiger partial charge in [0.2, 0.25) is 0 Å². The molecule has 1 heterocycles. The van der Waals surface area contributed by atoms with Crippen LogP contribution in [-0.4, -0.2) is 32.2 Å². The monoisotopic (exact) mass is 393 g/mol. The molecule has 0 bridgehead atoms. The van der Waals surface area contributed by atoms with E-state index in [0.717, 1.165) is 24.3 Å². The smallest absolute Gasteiger partial charge is 0.378 e. The van der Waals surface area contributed by atoms with Gasteiger partial charge in [-0.15, -0.1) is 0 Å². The first-order valence-electron chi connectivity index (χ1n) is 8.34. The molecule has 0 radical (unpaired) electrons. The van der Waals surface area contributed by atoms with Crippen LogP contribution < -0.4 is 10.2 Å². The number of hydrogen-bond donors (Lipinski definition) is 1. The van der Waals surface area contributed by atoms with Gasteiger partial charge in [0.05, 0.1) is 47.3 Å². The van der Waals surface area contributed by atoms with Gasteiger partial charge in [-0.3, -0.25) is 4.79 Å². The topological polar surface area (TPSA) is 65.4 Å². The fourth-order valence-electron chi connectivity index (χ4n) is 2.85. The van der Waals surface area contributed by atoms with Gasteiger partial charge in [0.25, 0.3) is 5.91 Å². The van der Waals surface area contributed by atoms with Crippen molar-refractivity contribution < 1.29 is 27.1 Å². The minimum absolute atomic E-state index is 0.0297. The highest BCUT2D eigenvalue weighted by Crippen LogP contribution is 2.36. The van der Waals surface area contributed by atoms with Gasteiger partial charge in [0.1, 0.15) is 5.82 Å². The lowest BCUT2D eigenvalue weighted by Gasteiger charge is -2.31. The van der Waals surface area contributed by atoms with Crippen LogP contribution in [0.2, 0.25) is 0 Å². The van der Waals surface area contributed by atoms with E-state index >= 15 is 0 Å². The van der Waals surface area contributed by atoms with Crippen molar-refractivity contribution in [2.75, 3.05) is 36.5 Å². The molecule has 0 saturated carbocycles. The van der Waals surface area contributed by atoms with Crippen molar-refractivity contribution in [1.82, 2.24) is 0 Å². The fourth-order valence-corrected chi connectivity index (χ4v) is 2.85. The molecule has 0 spiro atoms. The van der Waals surface area contributed by atoms with E-state index in [1.54, 1.807) is 11.0 Å². The third kappa shape index (κ3) is 4.23. The number of amides is 1. The highest BCUT2D eigenvalue weighted by molar-refractivity contribution is 6.06. The number of halogens is 4. The third-order valence-electron chi connectivity index (χ3n) is 4.27. The Balaban J connectivity index is 1.96. The Labute approximate surface area is 158 Å². The van der Waals surface area contributed by atoms with Crippen molar-refractivity contribution in [3.8, 4) is 6.07 Å². The molecule has 0 atom stereocenters. The van der Waals surface area contributed by atoms with E-state index in [2.05, 4.69) is 5.32 Å². The zero-order valence-corrected chi connectivity index (χ0v) is 14.5. The number of morpholine rings is 1. The molecule has 1 aliphatic rings. The molecule has 0 aromatic heterocycles. The molecule has 0 unspecified atom stereocenters. The second kappa shape index (κ2) is 7.86. The summed E-state index contributed by atoms with van der Waals surface area (Å²) in [5, 5.41) is 11.1. The third-order valence-corrected chi connectivity index (χ3v) is 4.27. The molecule has 2 aromatic carbocycles. The standard InChI is InChI=1S/C19H15F4N3O2/c20-15-9-12(11-24)1-3-14(15)18(27)25-16-10-13(19(21,22)23)2-4-17(16)26-5-7-28-8-6-26/h1-4,9-10H,5-8H2,(H,25,27). The fraction of sp³-hybridized carbons (Fsp3) is 0.263. The number of anilines is 2. The van der Waals surface area contributed by atoms with E-state index in [1.165, 1.54) is 12.1 Å². The summed E-state index contributed by atoms with van der Waals surface area (Å²) >= 11 is 0. The Morgan fingerprint density at radius 2 is 1.86 bits per heavy atom. The number of ether oxygens (including phenoxy) is 1.